The second-order valence-corrected chi connectivity index (χ2v) is 3.30. The molecule has 0 aliphatic carbocycles. The van der Waals surface area contributed by atoms with Crippen LogP contribution in [-0.2, 0) is 4.74 Å². The fourth-order valence-corrected chi connectivity index (χ4v) is 1.41. The Hall–Kier alpha value is -1.23. The zero-order valence-electron chi connectivity index (χ0n) is 7.54. The largest absolute Gasteiger partial charge is 0.491 e. The summed E-state index contributed by atoms with van der Waals surface area (Å²) in [4.78, 5) is 10.6. The minimum atomic E-state index is -1.12. The van der Waals surface area contributed by atoms with E-state index in [4.69, 9.17) is 14.3 Å². The van der Waals surface area contributed by atoms with Gasteiger partial charge in [0.25, 0.3) is 0 Å². The molecular formula is C9H9BrO4. The first-order valence-electron chi connectivity index (χ1n) is 3.91. The van der Waals surface area contributed by atoms with E-state index in [1.807, 2.05) is 0 Å². The van der Waals surface area contributed by atoms with Crippen molar-refractivity contribution in [1.82, 2.24) is 0 Å². The van der Waals surface area contributed by atoms with Crippen molar-refractivity contribution >= 4 is 27.7 Å². The molecule has 0 spiro atoms. The quantitative estimate of drug-likeness (QED) is 0.846. The monoisotopic (exact) mass is 260 g/mol. The lowest BCUT2D eigenvalue weighted by Crippen LogP contribution is -1.92. The molecule has 0 atom stereocenters. The van der Waals surface area contributed by atoms with Gasteiger partial charge in [0.2, 0.25) is 5.76 Å². The number of halogens is 1. The van der Waals surface area contributed by atoms with E-state index in [0.29, 0.717) is 22.6 Å². The average molecular weight is 261 g/mol. The summed E-state index contributed by atoms with van der Waals surface area (Å²) in [5.41, 5.74) is 0. The van der Waals surface area contributed by atoms with Crippen LogP contribution in [0.3, 0.4) is 0 Å². The molecule has 5 heteroatoms. The molecule has 14 heavy (non-hydrogen) atoms. The first-order valence-corrected chi connectivity index (χ1v) is 4.70. The Morgan fingerprint density at radius 2 is 2.43 bits per heavy atom. The Bertz CT molecular complexity index is 367. The molecule has 0 radical (unpaired) electrons. The number of hydrogen-bond acceptors (Lipinski definition) is 3. The molecular weight excluding hydrogens is 252 g/mol. The summed E-state index contributed by atoms with van der Waals surface area (Å²) < 4.78 is 10.6. The van der Waals surface area contributed by atoms with Crippen LogP contribution >= 0.6 is 15.9 Å². The molecule has 1 aromatic rings. The van der Waals surface area contributed by atoms with E-state index < -0.39 is 5.97 Å². The van der Waals surface area contributed by atoms with Gasteiger partial charge in [-0.25, -0.2) is 4.79 Å². The Balaban J connectivity index is 2.98. The molecule has 0 fully saturated rings. The number of carboxylic acids is 1. The Morgan fingerprint density at radius 1 is 1.79 bits per heavy atom. The number of carbonyl (C=O) groups is 1. The zero-order chi connectivity index (χ0) is 10.7. The molecule has 76 valence electrons. The van der Waals surface area contributed by atoms with Gasteiger partial charge in [0.1, 0.15) is 0 Å². The fourth-order valence-electron chi connectivity index (χ4n) is 0.904. The minimum Gasteiger partial charge on any atom is -0.491 e. The van der Waals surface area contributed by atoms with Crippen LogP contribution < -0.4 is 0 Å². The normalized spacial score (nSPS) is 9.86. The van der Waals surface area contributed by atoms with Crippen molar-refractivity contribution in [3.63, 3.8) is 0 Å². The number of hydrogen-bond donors (Lipinski definition) is 1. The first kappa shape index (κ1) is 10.8. The van der Waals surface area contributed by atoms with E-state index >= 15 is 0 Å². The van der Waals surface area contributed by atoms with Gasteiger partial charge in [-0.15, -0.1) is 0 Å². The highest BCUT2D eigenvalue weighted by molar-refractivity contribution is 9.10. The van der Waals surface area contributed by atoms with Crippen LogP contribution in [0.25, 0.3) is 5.76 Å². The van der Waals surface area contributed by atoms with Gasteiger partial charge in [-0.3, -0.25) is 0 Å². The SMILES string of the molecule is C=C(OCC)c1oc(C(=O)O)cc1Br. The Morgan fingerprint density at radius 3 is 2.86 bits per heavy atom. The summed E-state index contributed by atoms with van der Waals surface area (Å²) in [6.07, 6.45) is 0. The lowest BCUT2D eigenvalue weighted by atomic mass is 10.4. The van der Waals surface area contributed by atoms with Gasteiger partial charge in [-0.1, -0.05) is 6.58 Å². The third kappa shape index (κ3) is 2.17. The Kier molecular flexibility index (Phi) is 3.35. The molecule has 1 aromatic heterocycles. The van der Waals surface area contributed by atoms with Crippen molar-refractivity contribution < 1.29 is 19.1 Å². The minimum absolute atomic E-state index is 0.146. The average Bonchev–Trinajstić information content (AvgIpc) is 2.48. The molecule has 0 saturated heterocycles. The second kappa shape index (κ2) is 4.32. The van der Waals surface area contributed by atoms with Crippen molar-refractivity contribution in [2.75, 3.05) is 6.61 Å². The molecule has 0 amide bonds. The highest BCUT2D eigenvalue weighted by Crippen LogP contribution is 2.27. The van der Waals surface area contributed by atoms with Gasteiger partial charge < -0.3 is 14.3 Å². The van der Waals surface area contributed by atoms with E-state index in [2.05, 4.69) is 22.5 Å². The number of furan rings is 1. The summed E-state index contributed by atoms with van der Waals surface area (Å²) in [5, 5.41) is 8.65. The third-order valence-electron chi connectivity index (χ3n) is 1.47. The molecule has 4 nitrogen and oxygen atoms in total. The summed E-state index contributed by atoms with van der Waals surface area (Å²) >= 11 is 3.16. The van der Waals surface area contributed by atoms with E-state index in [9.17, 15) is 4.79 Å². The van der Waals surface area contributed by atoms with E-state index in [1.54, 1.807) is 6.92 Å². The molecule has 0 aliphatic rings. The van der Waals surface area contributed by atoms with Crippen molar-refractivity contribution in [2.24, 2.45) is 0 Å². The van der Waals surface area contributed by atoms with Crippen LogP contribution in [0, 0.1) is 0 Å². The molecule has 0 bridgehead atoms. The predicted molar refractivity (Wildman–Crippen MR) is 54.0 cm³/mol. The van der Waals surface area contributed by atoms with Crippen LogP contribution in [-0.4, -0.2) is 17.7 Å². The standard InChI is InChI=1S/C9H9BrO4/c1-3-13-5(2)8-6(10)4-7(14-8)9(11)12/h4H,2-3H2,1H3,(H,11,12). The van der Waals surface area contributed by atoms with Gasteiger partial charge >= 0.3 is 5.97 Å². The maximum Gasteiger partial charge on any atom is 0.371 e. The van der Waals surface area contributed by atoms with Crippen LogP contribution in [0.4, 0.5) is 0 Å². The van der Waals surface area contributed by atoms with Gasteiger partial charge in [-0.05, 0) is 22.9 Å². The van der Waals surface area contributed by atoms with E-state index in [1.165, 1.54) is 6.07 Å². The molecule has 0 saturated carbocycles. The number of carboxylic acid groups (broad SMARTS) is 1. The van der Waals surface area contributed by atoms with Crippen LogP contribution in [0.15, 0.2) is 21.5 Å². The summed E-state index contributed by atoms with van der Waals surface area (Å²) in [6, 6.07) is 1.36. The lowest BCUT2D eigenvalue weighted by Gasteiger charge is -2.02. The summed E-state index contributed by atoms with van der Waals surface area (Å²) in [5.74, 6) is -0.648. The van der Waals surface area contributed by atoms with Crippen LogP contribution in [0.5, 0.6) is 0 Å². The maximum atomic E-state index is 10.6. The lowest BCUT2D eigenvalue weighted by molar-refractivity contribution is 0.0661. The van der Waals surface area contributed by atoms with Gasteiger partial charge in [0.05, 0.1) is 11.1 Å². The first-order chi connectivity index (χ1) is 6.56. The van der Waals surface area contributed by atoms with Crippen molar-refractivity contribution in [1.29, 1.82) is 0 Å². The second-order valence-electron chi connectivity index (χ2n) is 2.45. The topological polar surface area (TPSA) is 59.7 Å². The fraction of sp³-hybridized carbons (Fsp3) is 0.222. The van der Waals surface area contributed by atoms with Crippen LogP contribution in [0.2, 0.25) is 0 Å². The molecule has 1 N–H and O–H groups in total. The summed E-state index contributed by atoms with van der Waals surface area (Å²) in [7, 11) is 0. The van der Waals surface area contributed by atoms with Crippen molar-refractivity contribution in [3.05, 3.63) is 28.6 Å². The van der Waals surface area contributed by atoms with Crippen molar-refractivity contribution in [3.8, 4) is 0 Å². The molecule has 0 aromatic carbocycles. The number of rotatable bonds is 4. The Labute approximate surface area is 89.3 Å². The van der Waals surface area contributed by atoms with E-state index in [-0.39, 0.29) is 5.76 Å². The third-order valence-corrected chi connectivity index (χ3v) is 2.06. The van der Waals surface area contributed by atoms with Crippen molar-refractivity contribution in [2.45, 2.75) is 6.92 Å². The molecule has 0 unspecified atom stereocenters. The zero-order valence-corrected chi connectivity index (χ0v) is 9.13. The maximum absolute atomic E-state index is 10.6. The molecule has 1 rings (SSSR count). The predicted octanol–water partition coefficient (Wildman–Crippen LogP) is 2.75. The smallest absolute Gasteiger partial charge is 0.371 e. The molecule has 1 heterocycles. The molecule has 0 aliphatic heterocycles. The number of ether oxygens (including phenoxy) is 1. The highest BCUT2D eigenvalue weighted by atomic mass is 79.9. The van der Waals surface area contributed by atoms with Gasteiger partial charge in [0, 0.05) is 6.07 Å². The van der Waals surface area contributed by atoms with E-state index in [0.717, 1.165) is 0 Å². The van der Waals surface area contributed by atoms with Gasteiger partial charge in [-0.2, -0.15) is 0 Å². The summed E-state index contributed by atoms with van der Waals surface area (Å²) in [6.45, 7) is 5.87. The van der Waals surface area contributed by atoms with Gasteiger partial charge in [0.15, 0.2) is 11.5 Å². The van der Waals surface area contributed by atoms with Crippen LogP contribution in [0.1, 0.15) is 23.2 Å². The highest BCUT2D eigenvalue weighted by Gasteiger charge is 2.16. The number of aromatic carboxylic acids is 1.